The van der Waals surface area contributed by atoms with Crippen LogP contribution in [0.3, 0.4) is 0 Å². The Bertz CT molecular complexity index is 515. The molecule has 0 spiro atoms. The van der Waals surface area contributed by atoms with E-state index in [2.05, 4.69) is 6.92 Å². The Morgan fingerprint density at radius 2 is 1.06 bits per heavy atom. The van der Waals surface area contributed by atoms with Crippen LogP contribution in [-0.2, 0) is 14.4 Å². The van der Waals surface area contributed by atoms with Gasteiger partial charge in [0, 0.05) is 12.4 Å². The summed E-state index contributed by atoms with van der Waals surface area (Å²) in [5.74, 6) is -3.18. The summed E-state index contributed by atoms with van der Waals surface area (Å²) in [7, 11) is 0. The first-order valence-electron chi connectivity index (χ1n) is 13.0. The predicted molar refractivity (Wildman–Crippen MR) is 128 cm³/mol. The first kappa shape index (κ1) is 31.1. The largest absolute Gasteiger partial charge is 0.550 e. The monoisotopic (exact) mass is 469 g/mol. The van der Waals surface area contributed by atoms with Gasteiger partial charge in [-0.05, 0) is 18.9 Å². The fourth-order valence-corrected chi connectivity index (χ4v) is 4.09. The van der Waals surface area contributed by atoms with Gasteiger partial charge in [-0.25, -0.2) is 0 Å². The number of carbonyl (C=O) groups excluding carboxylic acids is 1. The van der Waals surface area contributed by atoms with Crippen LogP contribution in [0.15, 0.2) is 12.3 Å². The van der Waals surface area contributed by atoms with Crippen LogP contribution < -0.4 is 5.11 Å². The van der Waals surface area contributed by atoms with E-state index in [9.17, 15) is 19.5 Å². The average Bonchev–Trinajstić information content (AvgIpc) is 2.76. The van der Waals surface area contributed by atoms with Gasteiger partial charge in [-0.1, -0.05) is 84.0 Å². The van der Waals surface area contributed by atoms with E-state index in [1.807, 2.05) is 12.3 Å². The molecule has 7 nitrogen and oxygen atoms in total. The van der Waals surface area contributed by atoms with Crippen LogP contribution in [0, 0.1) is 0 Å². The van der Waals surface area contributed by atoms with Crippen molar-refractivity contribution in [3.05, 3.63) is 12.3 Å². The van der Waals surface area contributed by atoms with Gasteiger partial charge in [0.15, 0.2) is 0 Å². The molecule has 0 aliphatic carbocycles. The van der Waals surface area contributed by atoms with E-state index in [0.717, 1.165) is 19.3 Å². The number of carbonyl (C=O) groups is 3. The summed E-state index contributed by atoms with van der Waals surface area (Å²) in [5, 5.41) is 29.1. The van der Waals surface area contributed by atoms with Crippen LogP contribution in [0.25, 0.3) is 0 Å². The standard InChI is InChI=1S/C26H47NO6/c1-2-3-4-5-6-7-8-9-10-11-12-13-14-15-16-20-27(21-17-24(28)29,22-18-25(30)31)23-19-26(32)33/h16,20H,2-15,17-19,21-23H2,1H3,(H2-,28,29,30,31,32,33)/b20-16+. The van der Waals surface area contributed by atoms with Gasteiger partial charge in [-0.15, -0.1) is 0 Å². The molecule has 0 aromatic heterocycles. The maximum absolute atomic E-state index is 11.1. The van der Waals surface area contributed by atoms with E-state index in [1.165, 1.54) is 70.6 Å². The number of hydrogen-bond acceptors (Lipinski definition) is 4. The van der Waals surface area contributed by atoms with Crippen molar-refractivity contribution in [2.75, 3.05) is 19.6 Å². The molecular formula is C26H47NO6. The fourth-order valence-electron chi connectivity index (χ4n) is 4.09. The second-order valence-electron chi connectivity index (χ2n) is 9.21. The number of unbranched alkanes of at least 4 members (excludes halogenated alkanes) is 13. The smallest absolute Gasteiger partial charge is 0.309 e. The Morgan fingerprint density at radius 3 is 1.45 bits per heavy atom. The summed E-state index contributed by atoms with van der Waals surface area (Å²) in [6.45, 7) is 2.72. The summed E-state index contributed by atoms with van der Waals surface area (Å²) in [5.41, 5.74) is 0. The first-order chi connectivity index (χ1) is 15.8. The molecule has 0 aliphatic rings. The minimum Gasteiger partial charge on any atom is -0.550 e. The number of hydrogen-bond donors (Lipinski definition) is 2. The van der Waals surface area contributed by atoms with Crippen LogP contribution in [-0.4, -0.2) is 52.2 Å². The SMILES string of the molecule is CCCCCCCCCCCCCCC/C=C/[N+](CCC(=O)[O-])(CCC(=O)O)CCC(=O)O. The number of aliphatic carboxylic acids is 3. The Kier molecular flexibility index (Phi) is 19.5. The third-order valence-corrected chi connectivity index (χ3v) is 6.20. The molecule has 0 fully saturated rings. The Hall–Kier alpha value is -1.89. The highest BCUT2D eigenvalue weighted by Crippen LogP contribution is 2.16. The third-order valence-electron chi connectivity index (χ3n) is 6.20. The summed E-state index contributed by atoms with van der Waals surface area (Å²) in [6, 6.07) is 0. The van der Waals surface area contributed by atoms with Crippen LogP contribution in [0.4, 0.5) is 0 Å². The van der Waals surface area contributed by atoms with E-state index in [1.54, 1.807) is 0 Å². The lowest BCUT2D eigenvalue weighted by Crippen LogP contribution is -2.48. The Morgan fingerprint density at radius 1 is 0.667 bits per heavy atom. The Balaban J connectivity index is 4.24. The average molecular weight is 470 g/mol. The molecule has 0 saturated carbocycles. The summed E-state index contributed by atoms with van der Waals surface area (Å²) in [4.78, 5) is 33.1. The minimum absolute atomic E-state index is 0.0467. The van der Waals surface area contributed by atoms with E-state index in [-0.39, 0.29) is 43.4 Å². The molecule has 192 valence electrons. The zero-order valence-electron chi connectivity index (χ0n) is 20.8. The van der Waals surface area contributed by atoms with Gasteiger partial charge in [-0.3, -0.25) is 14.1 Å². The molecule has 0 aromatic rings. The zero-order valence-corrected chi connectivity index (χ0v) is 20.8. The van der Waals surface area contributed by atoms with Gasteiger partial charge >= 0.3 is 11.9 Å². The molecule has 0 radical (unpaired) electrons. The van der Waals surface area contributed by atoms with Gasteiger partial charge < -0.3 is 20.1 Å². The number of rotatable bonds is 24. The van der Waals surface area contributed by atoms with E-state index < -0.39 is 17.9 Å². The quantitative estimate of drug-likeness (QED) is 0.154. The number of nitrogens with zero attached hydrogens (tertiary/aromatic N) is 1. The summed E-state index contributed by atoms with van der Waals surface area (Å²) < 4.78 is 0.0467. The lowest BCUT2D eigenvalue weighted by molar-refractivity contribution is -0.878. The van der Waals surface area contributed by atoms with Gasteiger partial charge in [-0.2, -0.15) is 0 Å². The normalized spacial score (nSPS) is 11.8. The molecule has 0 saturated heterocycles. The van der Waals surface area contributed by atoms with Crippen molar-refractivity contribution < 1.29 is 34.2 Å². The molecule has 33 heavy (non-hydrogen) atoms. The minimum atomic E-state index is -1.21. The van der Waals surface area contributed by atoms with Gasteiger partial charge in [0.1, 0.15) is 0 Å². The molecule has 0 aliphatic heterocycles. The van der Waals surface area contributed by atoms with E-state index in [0.29, 0.717) is 0 Å². The second-order valence-corrected chi connectivity index (χ2v) is 9.21. The second kappa shape index (κ2) is 20.7. The van der Waals surface area contributed by atoms with E-state index in [4.69, 9.17) is 10.2 Å². The number of quaternary nitrogens is 1. The van der Waals surface area contributed by atoms with Crippen molar-refractivity contribution in [3.63, 3.8) is 0 Å². The van der Waals surface area contributed by atoms with Gasteiger partial charge in [0.05, 0.1) is 38.7 Å². The highest BCUT2D eigenvalue weighted by atomic mass is 16.4. The molecule has 0 bridgehead atoms. The molecule has 0 amide bonds. The maximum atomic E-state index is 11.1. The summed E-state index contributed by atoms with van der Waals surface area (Å²) in [6.07, 6.45) is 20.8. The lowest BCUT2D eigenvalue weighted by Gasteiger charge is -2.34. The zero-order chi connectivity index (χ0) is 24.8. The maximum Gasteiger partial charge on any atom is 0.309 e. The number of carboxylic acid groups (broad SMARTS) is 3. The van der Waals surface area contributed by atoms with Crippen molar-refractivity contribution in [2.45, 2.75) is 116 Å². The van der Waals surface area contributed by atoms with Gasteiger partial charge in [0.25, 0.3) is 0 Å². The lowest BCUT2D eigenvalue weighted by atomic mass is 10.0. The van der Waals surface area contributed by atoms with E-state index >= 15 is 0 Å². The number of allylic oxidation sites excluding steroid dienone is 1. The van der Waals surface area contributed by atoms with Gasteiger partial charge in [0.2, 0.25) is 0 Å². The topological polar surface area (TPSA) is 115 Å². The predicted octanol–water partition coefficient (Wildman–Crippen LogP) is 4.89. The molecule has 0 atom stereocenters. The highest BCUT2D eigenvalue weighted by Gasteiger charge is 2.26. The molecule has 2 N–H and O–H groups in total. The van der Waals surface area contributed by atoms with Crippen LogP contribution >= 0.6 is 0 Å². The molecule has 7 heteroatoms. The highest BCUT2D eigenvalue weighted by molar-refractivity contribution is 5.67. The third kappa shape index (κ3) is 20.4. The van der Waals surface area contributed by atoms with Crippen LogP contribution in [0.5, 0.6) is 0 Å². The van der Waals surface area contributed by atoms with Crippen molar-refractivity contribution in [1.82, 2.24) is 0 Å². The molecule has 0 rings (SSSR count). The molecule has 0 heterocycles. The fraction of sp³-hybridized carbons (Fsp3) is 0.808. The first-order valence-corrected chi connectivity index (χ1v) is 13.0. The molecular weight excluding hydrogens is 422 g/mol. The molecule has 0 unspecified atom stereocenters. The van der Waals surface area contributed by atoms with Crippen molar-refractivity contribution >= 4 is 17.9 Å². The van der Waals surface area contributed by atoms with Crippen LogP contribution in [0.1, 0.15) is 116 Å². The summed E-state index contributed by atoms with van der Waals surface area (Å²) >= 11 is 0. The van der Waals surface area contributed by atoms with Crippen molar-refractivity contribution in [1.29, 1.82) is 0 Å². The Labute approximate surface area is 200 Å². The van der Waals surface area contributed by atoms with Crippen LogP contribution in [0.2, 0.25) is 0 Å². The van der Waals surface area contributed by atoms with Crippen molar-refractivity contribution in [2.24, 2.45) is 0 Å². The molecule has 0 aromatic carbocycles. The van der Waals surface area contributed by atoms with Crippen molar-refractivity contribution in [3.8, 4) is 0 Å². The number of carboxylic acids is 3.